The van der Waals surface area contributed by atoms with Crippen LogP contribution >= 0.6 is 11.3 Å². The molecule has 1 aromatic heterocycles. The van der Waals surface area contributed by atoms with Gasteiger partial charge in [0.1, 0.15) is 0 Å². The number of nitrogens with one attached hydrogen (secondary N) is 1. The molecule has 1 rings (SSSR count). The van der Waals surface area contributed by atoms with Crippen LogP contribution in [0.25, 0.3) is 0 Å². The van der Waals surface area contributed by atoms with Gasteiger partial charge in [-0.25, -0.2) is 4.98 Å². The first-order valence-electron chi connectivity index (χ1n) is 6.35. The molecular formula is C13H24N2OS. The Morgan fingerprint density at radius 2 is 2.18 bits per heavy atom. The van der Waals surface area contributed by atoms with Gasteiger partial charge in [-0.15, -0.1) is 11.3 Å². The summed E-state index contributed by atoms with van der Waals surface area (Å²) in [7, 11) is 2.03. The Bertz CT molecular complexity index is 306. The molecule has 0 aromatic carbocycles. The summed E-state index contributed by atoms with van der Waals surface area (Å²) in [4.78, 5) is 5.93. The van der Waals surface area contributed by atoms with Crippen LogP contribution in [0.4, 0.5) is 0 Å². The molecule has 1 atom stereocenters. The van der Waals surface area contributed by atoms with Crippen molar-refractivity contribution in [2.75, 3.05) is 20.3 Å². The Kier molecular flexibility index (Phi) is 6.70. The summed E-state index contributed by atoms with van der Waals surface area (Å²) in [6.45, 7) is 7.94. The minimum atomic E-state index is 0.514. The van der Waals surface area contributed by atoms with Crippen LogP contribution in [0.1, 0.15) is 35.3 Å². The van der Waals surface area contributed by atoms with Crippen molar-refractivity contribution in [2.24, 2.45) is 0 Å². The highest BCUT2D eigenvalue weighted by Crippen LogP contribution is 2.18. The molecule has 0 amide bonds. The molecule has 0 radical (unpaired) electrons. The van der Waals surface area contributed by atoms with Gasteiger partial charge >= 0.3 is 0 Å². The van der Waals surface area contributed by atoms with Crippen molar-refractivity contribution in [3.8, 4) is 0 Å². The van der Waals surface area contributed by atoms with Gasteiger partial charge < -0.3 is 10.1 Å². The highest BCUT2D eigenvalue weighted by atomic mass is 32.1. The molecular weight excluding hydrogens is 232 g/mol. The number of hydrogen-bond donors (Lipinski definition) is 1. The Morgan fingerprint density at radius 3 is 2.71 bits per heavy atom. The number of likely N-dealkylation sites (N-methyl/N-ethyl adjacent to an activating group) is 1. The zero-order valence-corrected chi connectivity index (χ0v) is 12.2. The molecule has 1 N–H and O–H groups in total. The van der Waals surface area contributed by atoms with Crippen LogP contribution in [0.3, 0.4) is 0 Å². The van der Waals surface area contributed by atoms with E-state index in [4.69, 9.17) is 4.74 Å². The summed E-state index contributed by atoms with van der Waals surface area (Å²) >= 11 is 1.82. The van der Waals surface area contributed by atoms with Gasteiger partial charge in [-0.1, -0.05) is 0 Å². The van der Waals surface area contributed by atoms with E-state index in [2.05, 4.69) is 24.1 Å². The highest BCUT2D eigenvalue weighted by molar-refractivity contribution is 7.11. The molecule has 4 heteroatoms. The van der Waals surface area contributed by atoms with Crippen molar-refractivity contribution < 1.29 is 4.74 Å². The minimum absolute atomic E-state index is 0.514. The van der Waals surface area contributed by atoms with E-state index in [0.717, 1.165) is 32.5 Å². The average molecular weight is 256 g/mol. The number of hydrogen-bond acceptors (Lipinski definition) is 4. The molecule has 0 bridgehead atoms. The lowest BCUT2D eigenvalue weighted by Gasteiger charge is -2.14. The van der Waals surface area contributed by atoms with E-state index < -0.39 is 0 Å². The Balaban J connectivity index is 2.35. The zero-order valence-electron chi connectivity index (χ0n) is 11.4. The summed E-state index contributed by atoms with van der Waals surface area (Å²) in [5, 5.41) is 4.61. The summed E-state index contributed by atoms with van der Waals surface area (Å²) in [6, 6.07) is 0.514. The van der Waals surface area contributed by atoms with Crippen molar-refractivity contribution >= 4 is 11.3 Å². The van der Waals surface area contributed by atoms with E-state index in [9.17, 15) is 0 Å². The average Bonchev–Trinajstić information content (AvgIpc) is 2.62. The molecule has 1 heterocycles. The quantitative estimate of drug-likeness (QED) is 0.726. The molecule has 0 fully saturated rings. The highest BCUT2D eigenvalue weighted by Gasteiger charge is 2.11. The van der Waals surface area contributed by atoms with Crippen LogP contribution in [-0.4, -0.2) is 31.3 Å². The van der Waals surface area contributed by atoms with Crippen molar-refractivity contribution in [3.05, 3.63) is 15.6 Å². The molecule has 0 aliphatic heterocycles. The largest absolute Gasteiger partial charge is 0.382 e. The predicted molar refractivity (Wildman–Crippen MR) is 73.9 cm³/mol. The van der Waals surface area contributed by atoms with Crippen molar-refractivity contribution in [1.29, 1.82) is 0 Å². The van der Waals surface area contributed by atoms with E-state index in [1.54, 1.807) is 0 Å². The lowest BCUT2D eigenvalue weighted by atomic mass is 10.1. The van der Waals surface area contributed by atoms with Gasteiger partial charge in [0.25, 0.3) is 0 Å². The number of thiazole rings is 1. The van der Waals surface area contributed by atoms with Crippen molar-refractivity contribution in [3.63, 3.8) is 0 Å². The lowest BCUT2D eigenvalue weighted by molar-refractivity contribution is 0.141. The molecule has 0 saturated carbocycles. The number of aromatic nitrogens is 1. The standard InChI is InChI=1S/C13H24N2OS/c1-5-16-8-6-7-12(14-4)9-13-15-10(2)11(3)17-13/h12,14H,5-9H2,1-4H3. The summed E-state index contributed by atoms with van der Waals surface area (Å²) in [5.74, 6) is 0. The van der Waals surface area contributed by atoms with Gasteiger partial charge in [-0.05, 0) is 40.7 Å². The van der Waals surface area contributed by atoms with Crippen LogP contribution in [-0.2, 0) is 11.2 Å². The van der Waals surface area contributed by atoms with Crippen molar-refractivity contribution in [1.82, 2.24) is 10.3 Å². The maximum absolute atomic E-state index is 5.36. The second-order valence-corrected chi connectivity index (χ2v) is 5.57. The zero-order chi connectivity index (χ0) is 12.7. The molecule has 0 aliphatic rings. The van der Waals surface area contributed by atoms with Gasteiger partial charge in [0.05, 0.1) is 10.7 Å². The van der Waals surface area contributed by atoms with Crippen LogP contribution in [0.2, 0.25) is 0 Å². The fourth-order valence-electron chi connectivity index (χ4n) is 1.76. The van der Waals surface area contributed by atoms with Crippen molar-refractivity contribution in [2.45, 2.75) is 46.1 Å². The number of rotatable bonds is 8. The fourth-order valence-corrected chi connectivity index (χ4v) is 2.78. The lowest BCUT2D eigenvalue weighted by Crippen LogP contribution is -2.27. The maximum atomic E-state index is 5.36. The topological polar surface area (TPSA) is 34.1 Å². The van der Waals surface area contributed by atoms with E-state index in [0.29, 0.717) is 6.04 Å². The van der Waals surface area contributed by atoms with Gasteiger partial charge in [-0.2, -0.15) is 0 Å². The van der Waals surface area contributed by atoms with Gasteiger partial charge in [0.2, 0.25) is 0 Å². The summed E-state index contributed by atoms with van der Waals surface area (Å²) in [5.41, 5.74) is 1.18. The van der Waals surface area contributed by atoms with E-state index in [1.807, 2.05) is 25.3 Å². The van der Waals surface area contributed by atoms with Crippen LogP contribution in [0, 0.1) is 13.8 Å². The minimum Gasteiger partial charge on any atom is -0.382 e. The second-order valence-electron chi connectivity index (χ2n) is 4.28. The summed E-state index contributed by atoms with van der Waals surface area (Å²) in [6.07, 6.45) is 3.29. The van der Waals surface area contributed by atoms with E-state index in [-0.39, 0.29) is 0 Å². The Morgan fingerprint density at radius 1 is 1.41 bits per heavy atom. The number of nitrogens with zero attached hydrogens (tertiary/aromatic N) is 1. The first-order chi connectivity index (χ1) is 8.17. The van der Waals surface area contributed by atoms with E-state index >= 15 is 0 Å². The predicted octanol–water partition coefficient (Wildman–Crippen LogP) is 2.71. The van der Waals surface area contributed by atoms with Crippen LogP contribution in [0.5, 0.6) is 0 Å². The summed E-state index contributed by atoms with van der Waals surface area (Å²) < 4.78 is 5.36. The molecule has 0 aliphatic carbocycles. The van der Waals surface area contributed by atoms with E-state index in [1.165, 1.54) is 15.6 Å². The molecule has 3 nitrogen and oxygen atoms in total. The van der Waals surface area contributed by atoms with Crippen LogP contribution in [0.15, 0.2) is 0 Å². The Hall–Kier alpha value is -0.450. The third-order valence-electron chi connectivity index (χ3n) is 2.95. The number of ether oxygens (including phenoxy) is 1. The first-order valence-corrected chi connectivity index (χ1v) is 7.17. The SMILES string of the molecule is CCOCCCC(Cc1nc(C)c(C)s1)NC. The van der Waals surface area contributed by atoms with Gasteiger partial charge in [-0.3, -0.25) is 0 Å². The van der Waals surface area contributed by atoms with Crippen LogP contribution < -0.4 is 5.32 Å². The first kappa shape index (κ1) is 14.6. The molecule has 17 heavy (non-hydrogen) atoms. The normalized spacial score (nSPS) is 12.9. The molecule has 1 aromatic rings. The molecule has 98 valence electrons. The fraction of sp³-hybridized carbons (Fsp3) is 0.769. The monoisotopic (exact) mass is 256 g/mol. The third kappa shape index (κ3) is 5.15. The van der Waals surface area contributed by atoms with Gasteiger partial charge in [0.15, 0.2) is 0 Å². The second kappa shape index (κ2) is 7.80. The molecule has 0 saturated heterocycles. The smallest absolute Gasteiger partial charge is 0.0946 e. The third-order valence-corrected chi connectivity index (χ3v) is 4.04. The Labute approximate surface area is 109 Å². The molecule has 0 spiro atoms. The number of aryl methyl sites for hydroxylation is 2. The van der Waals surface area contributed by atoms with Gasteiger partial charge in [0, 0.05) is 30.6 Å². The maximum Gasteiger partial charge on any atom is 0.0946 e. The molecule has 1 unspecified atom stereocenters.